The Hall–Kier alpha value is -7.00. The molecule has 1 unspecified atom stereocenters. The summed E-state index contributed by atoms with van der Waals surface area (Å²) in [5.41, 5.74) is 19.9. The lowest BCUT2D eigenvalue weighted by atomic mass is 9.74. The van der Waals surface area contributed by atoms with E-state index >= 15 is 0 Å². The van der Waals surface area contributed by atoms with Gasteiger partial charge in [-0.15, -0.1) is 11.3 Å². The molecule has 1 aromatic heterocycles. The van der Waals surface area contributed by atoms with Crippen LogP contribution < -0.4 is 4.90 Å². The summed E-state index contributed by atoms with van der Waals surface area (Å²) in [5, 5.41) is 2.65. The molecular formula is C59H43NS. The number of benzene rings is 9. The molecule has 0 bridgehead atoms. The molecule has 0 spiro atoms. The number of anilines is 3. The Morgan fingerprint density at radius 1 is 0.377 bits per heavy atom. The monoisotopic (exact) mass is 797 g/mol. The quantitative estimate of drug-likeness (QED) is 0.162. The number of fused-ring (bicyclic) bond motifs is 9. The van der Waals surface area contributed by atoms with E-state index in [-0.39, 0.29) is 10.8 Å². The van der Waals surface area contributed by atoms with Crippen molar-refractivity contribution in [2.75, 3.05) is 4.90 Å². The van der Waals surface area contributed by atoms with Crippen LogP contribution in [0, 0.1) is 0 Å². The Labute approximate surface area is 361 Å². The zero-order chi connectivity index (χ0) is 40.9. The van der Waals surface area contributed by atoms with Gasteiger partial charge in [0.2, 0.25) is 0 Å². The van der Waals surface area contributed by atoms with Crippen LogP contribution >= 0.6 is 11.3 Å². The maximum absolute atomic E-state index is 2.48. The van der Waals surface area contributed by atoms with E-state index in [1.54, 1.807) is 0 Å². The van der Waals surface area contributed by atoms with Crippen LogP contribution in [-0.2, 0) is 10.8 Å². The Balaban J connectivity index is 1.06. The molecule has 1 heterocycles. The average Bonchev–Trinajstić information content (AvgIpc) is 3.91. The second-order valence-corrected chi connectivity index (χ2v) is 18.4. The van der Waals surface area contributed by atoms with Crippen molar-refractivity contribution in [2.45, 2.75) is 31.6 Å². The number of rotatable bonds is 6. The largest absolute Gasteiger partial charge is 0.310 e. The molecule has 10 aromatic rings. The van der Waals surface area contributed by atoms with E-state index in [9.17, 15) is 0 Å². The standard InChI is InChI=1S/C59H43NS/c1-58(2)51-25-12-10-20-46(51)47-34-32-42(36-53(47)58)60(41-30-28-39(29-31-41)45-23-14-24-49-48-21-11-13-27-55(48)61-57(45)49)43-33-35-50-54(37-43)59(3,40-18-8-5-9-19-40)52-26-15-22-44(56(50)52)38-16-6-4-7-17-38/h4-37H,1-3H3. The van der Waals surface area contributed by atoms with E-state index in [1.165, 1.54) is 92.5 Å². The second-order valence-electron chi connectivity index (χ2n) is 17.4. The summed E-state index contributed by atoms with van der Waals surface area (Å²) in [6.07, 6.45) is 0. The number of nitrogens with zero attached hydrogens (tertiary/aromatic N) is 1. The molecule has 1 atom stereocenters. The number of hydrogen-bond acceptors (Lipinski definition) is 2. The molecule has 9 aromatic carbocycles. The van der Waals surface area contributed by atoms with Crippen LogP contribution in [0.1, 0.15) is 48.6 Å². The molecule has 0 fully saturated rings. The first-order valence-corrected chi connectivity index (χ1v) is 22.2. The van der Waals surface area contributed by atoms with Crippen LogP contribution in [0.15, 0.2) is 206 Å². The molecule has 0 N–H and O–H groups in total. The Morgan fingerprint density at radius 2 is 0.934 bits per heavy atom. The molecular weight excluding hydrogens is 755 g/mol. The normalized spacial score (nSPS) is 15.7. The van der Waals surface area contributed by atoms with Gasteiger partial charge < -0.3 is 4.90 Å². The highest BCUT2D eigenvalue weighted by Gasteiger charge is 2.42. The van der Waals surface area contributed by atoms with Gasteiger partial charge in [0.1, 0.15) is 0 Å². The van der Waals surface area contributed by atoms with Crippen molar-refractivity contribution < 1.29 is 0 Å². The van der Waals surface area contributed by atoms with Crippen molar-refractivity contribution in [3.05, 3.63) is 234 Å². The number of hydrogen-bond donors (Lipinski definition) is 0. The molecule has 0 amide bonds. The summed E-state index contributed by atoms with van der Waals surface area (Å²) >= 11 is 1.89. The molecule has 0 saturated carbocycles. The van der Waals surface area contributed by atoms with Crippen LogP contribution in [-0.4, -0.2) is 0 Å². The van der Waals surface area contributed by atoms with E-state index in [0.29, 0.717) is 0 Å². The Morgan fingerprint density at radius 3 is 1.74 bits per heavy atom. The van der Waals surface area contributed by atoms with E-state index in [4.69, 9.17) is 0 Å². The van der Waals surface area contributed by atoms with Crippen LogP contribution in [0.5, 0.6) is 0 Å². The summed E-state index contributed by atoms with van der Waals surface area (Å²) < 4.78 is 2.66. The van der Waals surface area contributed by atoms with Crippen LogP contribution in [0.3, 0.4) is 0 Å². The van der Waals surface area contributed by atoms with Gasteiger partial charge in [-0.2, -0.15) is 0 Å². The fraction of sp³-hybridized carbons (Fsp3) is 0.0847. The first-order chi connectivity index (χ1) is 29.9. The Kier molecular flexibility index (Phi) is 7.95. The SMILES string of the molecule is CC1(C)c2ccccc2-c2ccc(N(c3ccc(-c4cccc5c4sc4ccccc45)cc3)c3ccc4c(c3)C(C)(c3ccccc3)c3cccc(-c5ccccc5)c3-4)cc21. The summed E-state index contributed by atoms with van der Waals surface area (Å²) in [4.78, 5) is 2.48. The molecule has 0 radical (unpaired) electrons. The highest BCUT2D eigenvalue weighted by Crippen LogP contribution is 2.57. The lowest BCUT2D eigenvalue weighted by Crippen LogP contribution is -2.23. The lowest BCUT2D eigenvalue weighted by molar-refractivity contribution is 0.660. The van der Waals surface area contributed by atoms with Gasteiger partial charge in [0.05, 0.1) is 0 Å². The van der Waals surface area contributed by atoms with Crippen molar-refractivity contribution in [3.63, 3.8) is 0 Å². The molecule has 290 valence electrons. The van der Waals surface area contributed by atoms with Crippen molar-refractivity contribution in [1.82, 2.24) is 0 Å². The third kappa shape index (κ3) is 5.32. The summed E-state index contributed by atoms with van der Waals surface area (Å²) in [6, 6.07) is 76.9. The summed E-state index contributed by atoms with van der Waals surface area (Å²) in [5.74, 6) is 0. The second kappa shape index (κ2) is 13.5. The van der Waals surface area contributed by atoms with Crippen LogP contribution in [0.2, 0.25) is 0 Å². The minimum absolute atomic E-state index is 0.125. The zero-order valence-corrected chi connectivity index (χ0v) is 35.3. The molecule has 2 heteroatoms. The third-order valence-corrected chi connectivity index (χ3v) is 15.0. The third-order valence-electron chi connectivity index (χ3n) is 13.8. The number of thiophene rings is 1. The predicted molar refractivity (Wildman–Crippen MR) is 260 cm³/mol. The fourth-order valence-electron chi connectivity index (χ4n) is 10.7. The van der Waals surface area contributed by atoms with Crippen molar-refractivity contribution in [3.8, 4) is 44.5 Å². The molecule has 0 aliphatic heterocycles. The maximum Gasteiger partial charge on any atom is 0.0465 e. The predicted octanol–water partition coefficient (Wildman–Crippen LogP) is 16.5. The molecule has 12 rings (SSSR count). The van der Waals surface area contributed by atoms with Crippen LogP contribution in [0.25, 0.3) is 64.7 Å². The smallest absolute Gasteiger partial charge is 0.0465 e. The summed E-state index contributed by atoms with van der Waals surface area (Å²) in [6.45, 7) is 7.17. The first kappa shape index (κ1) is 35.9. The van der Waals surface area contributed by atoms with Crippen molar-refractivity contribution in [1.29, 1.82) is 0 Å². The topological polar surface area (TPSA) is 3.24 Å². The van der Waals surface area contributed by atoms with Crippen LogP contribution in [0.4, 0.5) is 17.1 Å². The fourth-order valence-corrected chi connectivity index (χ4v) is 11.9. The van der Waals surface area contributed by atoms with Crippen molar-refractivity contribution >= 4 is 48.6 Å². The minimum Gasteiger partial charge on any atom is -0.310 e. The van der Waals surface area contributed by atoms with Gasteiger partial charge in [-0.3, -0.25) is 0 Å². The van der Waals surface area contributed by atoms with Crippen molar-refractivity contribution in [2.24, 2.45) is 0 Å². The van der Waals surface area contributed by atoms with E-state index in [1.807, 2.05) is 11.3 Å². The minimum atomic E-state index is -0.368. The van der Waals surface area contributed by atoms with Gasteiger partial charge in [-0.05, 0) is 122 Å². The van der Waals surface area contributed by atoms with Gasteiger partial charge in [-0.1, -0.05) is 178 Å². The molecule has 61 heavy (non-hydrogen) atoms. The van der Waals surface area contributed by atoms with E-state index in [2.05, 4.69) is 232 Å². The van der Waals surface area contributed by atoms with E-state index < -0.39 is 0 Å². The average molecular weight is 798 g/mol. The Bertz CT molecular complexity index is 3340. The van der Waals surface area contributed by atoms with Gasteiger partial charge in [0.15, 0.2) is 0 Å². The van der Waals surface area contributed by atoms with Gasteiger partial charge in [-0.25, -0.2) is 0 Å². The molecule has 0 saturated heterocycles. The zero-order valence-electron chi connectivity index (χ0n) is 34.5. The first-order valence-electron chi connectivity index (χ1n) is 21.3. The highest BCUT2D eigenvalue weighted by molar-refractivity contribution is 7.26. The van der Waals surface area contributed by atoms with Gasteiger partial charge >= 0.3 is 0 Å². The highest BCUT2D eigenvalue weighted by atomic mass is 32.1. The van der Waals surface area contributed by atoms with Gasteiger partial charge in [0.25, 0.3) is 0 Å². The molecule has 1 nitrogen and oxygen atoms in total. The van der Waals surface area contributed by atoms with E-state index in [0.717, 1.165) is 17.1 Å². The molecule has 2 aliphatic rings. The summed E-state index contributed by atoms with van der Waals surface area (Å²) in [7, 11) is 0. The maximum atomic E-state index is 2.48. The van der Waals surface area contributed by atoms with Gasteiger partial charge in [0, 0.05) is 48.1 Å². The lowest BCUT2D eigenvalue weighted by Gasteiger charge is -2.31. The molecule has 2 aliphatic carbocycles.